The van der Waals surface area contributed by atoms with Crippen LogP contribution >= 0.6 is 11.6 Å². The predicted molar refractivity (Wildman–Crippen MR) is 60.6 cm³/mol. The lowest BCUT2D eigenvalue weighted by Gasteiger charge is -2.04. The van der Waals surface area contributed by atoms with E-state index in [1.165, 1.54) is 24.3 Å². The van der Waals surface area contributed by atoms with Crippen molar-refractivity contribution in [1.82, 2.24) is 5.16 Å². The summed E-state index contributed by atoms with van der Waals surface area (Å²) < 4.78 is 18.2. The van der Waals surface area contributed by atoms with Gasteiger partial charge >= 0.3 is 0 Å². The van der Waals surface area contributed by atoms with E-state index in [2.05, 4.69) is 10.5 Å². The number of rotatable bonds is 2. The van der Waals surface area contributed by atoms with Gasteiger partial charge in [-0.25, -0.2) is 4.39 Å². The van der Waals surface area contributed by atoms with Crippen LogP contribution in [0.2, 0.25) is 5.02 Å². The van der Waals surface area contributed by atoms with Crippen molar-refractivity contribution < 1.29 is 13.7 Å². The van der Waals surface area contributed by atoms with E-state index in [-0.39, 0.29) is 16.4 Å². The van der Waals surface area contributed by atoms with E-state index in [9.17, 15) is 9.18 Å². The summed E-state index contributed by atoms with van der Waals surface area (Å²) in [5.74, 6) is -0.729. The largest absolute Gasteiger partial charge is 0.361 e. The van der Waals surface area contributed by atoms with Crippen LogP contribution in [0, 0.1) is 12.7 Å². The molecule has 0 aliphatic heterocycles. The monoisotopic (exact) mass is 254 g/mol. The molecule has 0 atom stereocenters. The Morgan fingerprint density at radius 2 is 2.29 bits per heavy atom. The SMILES string of the molecule is Cc1cc(C(=O)Nc2cccc(Cl)c2F)no1. The van der Waals surface area contributed by atoms with Gasteiger partial charge in [-0.15, -0.1) is 0 Å². The van der Waals surface area contributed by atoms with Crippen LogP contribution in [-0.2, 0) is 0 Å². The number of nitrogens with one attached hydrogen (secondary N) is 1. The van der Waals surface area contributed by atoms with Gasteiger partial charge in [-0.3, -0.25) is 4.79 Å². The first kappa shape index (κ1) is 11.6. The summed E-state index contributed by atoms with van der Waals surface area (Å²) in [5.41, 5.74) is 0.0880. The third kappa shape index (κ3) is 2.45. The molecule has 0 spiro atoms. The van der Waals surface area contributed by atoms with Gasteiger partial charge in [0.2, 0.25) is 0 Å². The highest BCUT2D eigenvalue weighted by Crippen LogP contribution is 2.22. The van der Waals surface area contributed by atoms with Crippen molar-refractivity contribution in [3.05, 3.63) is 46.6 Å². The normalized spacial score (nSPS) is 10.3. The molecule has 1 aromatic carbocycles. The van der Waals surface area contributed by atoms with E-state index in [4.69, 9.17) is 16.1 Å². The lowest BCUT2D eigenvalue weighted by atomic mass is 10.3. The van der Waals surface area contributed by atoms with E-state index < -0.39 is 11.7 Å². The molecule has 0 unspecified atom stereocenters. The molecule has 2 rings (SSSR count). The minimum atomic E-state index is -0.678. The van der Waals surface area contributed by atoms with Gasteiger partial charge in [-0.05, 0) is 19.1 Å². The number of amides is 1. The number of benzene rings is 1. The molecule has 4 nitrogen and oxygen atoms in total. The Morgan fingerprint density at radius 3 is 2.94 bits per heavy atom. The lowest BCUT2D eigenvalue weighted by molar-refractivity contribution is 0.101. The molecule has 6 heteroatoms. The standard InChI is InChI=1S/C11H8ClFN2O2/c1-6-5-9(15-17-6)11(16)14-8-4-2-3-7(12)10(8)13/h2-5H,1H3,(H,14,16). The van der Waals surface area contributed by atoms with Crippen molar-refractivity contribution in [2.24, 2.45) is 0 Å². The highest BCUT2D eigenvalue weighted by molar-refractivity contribution is 6.31. The zero-order valence-corrected chi connectivity index (χ0v) is 9.58. The molecule has 0 aliphatic rings. The molecule has 2 aromatic rings. The first-order valence-corrected chi connectivity index (χ1v) is 5.14. The fraction of sp³-hybridized carbons (Fsp3) is 0.0909. The molecule has 0 saturated carbocycles. The van der Waals surface area contributed by atoms with Crippen LogP contribution in [0.5, 0.6) is 0 Å². The number of halogens is 2. The van der Waals surface area contributed by atoms with Crippen LogP contribution in [0.3, 0.4) is 0 Å². The quantitative estimate of drug-likeness (QED) is 0.896. The Balaban J connectivity index is 2.21. The average Bonchev–Trinajstić information content (AvgIpc) is 2.72. The average molecular weight is 255 g/mol. The maximum atomic E-state index is 13.5. The maximum absolute atomic E-state index is 13.5. The van der Waals surface area contributed by atoms with E-state index in [0.29, 0.717) is 5.76 Å². The number of anilines is 1. The number of hydrogen-bond donors (Lipinski definition) is 1. The second kappa shape index (κ2) is 4.55. The third-order valence-corrected chi connectivity index (χ3v) is 2.35. The van der Waals surface area contributed by atoms with Gasteiger partial charge in [-0.2, -0.15) is 0 Å². The van der Waals surface area contributed by atoms with Crippen molar-refractivity contribution in [3.8, 4) is 0 Å². The predicted octanol–water partition coefficient (Wildman–Crippen LogP) is 3.03. The van der Waals surface area contributed by atoms with Crippen LogP contribution < -0.4 is 5.32 Å². The summed E-state index contributed by atoms with van der Waals surface area (Å²) in [7, 11) is 0. The topological polar surface area (TPSA) is 55.1 Å². The number of carbonyl (C=O) groups is 1. The van der Waals surface area contributed by atoms with Crippen LogP contribution in [0.25, 0.3) is 0 Å². The number of nitrogens with zero attached hydrogens (tertiary/aromatic N) is 1. The number of aromatic nitrogens is 1. The van der Waals surface area contributed by atoms with Gasteiger partial charge in [-0.1, -0.05) is 22.8 Å². The highest BCUT2D eigenvalue weighted by atomic mass is 35.5. The van der Waals surface area contributed by atoms with Crippen LogP contribution in [-0.4, -0.2) is 11.1 Å². The molecule has 0 fully saturated rings. The molecular weight excluding hydrogens is 247 g/mol. The number of carbonyl (C=O) groups excluding carboxylic acids is 1. The van der Waals surface area contributed by atoms with Gasteiger partial charge in [0.1, 0.15) is 5.76 Å². The molecule has 0 saturated heterocycles. The van der Waals surface area contributed by atoms with Crippen molar-refractivity contribution >= 4 is 23.2 Å². The molecular formula is C11H8ClFN2O2. The fourth-order valence-corrected chi connectivity index (χ4v) is 1.43. The Bertz CT molecular complexity index is 568. The third-order valence-electron chi connectivity index (χ3n) is 2.06. The van der Waals surface area contributed by atoms with E-state index in [1.54, 1.807) is 6.92 Å². The Kier molecular flexibility index (Phi) is 3.10. The molecule has 0 radical (unpaired) electrons. The first-order valence-electron chi connectivity index (χ1n) is 4.76. The summed E-state index contributed by atoms with van der Waals surface area (Å²) >= 11 is 5.59. The summed E-state index contributed by atoms with van der Waals surface area (Å²) in [6, 6.07) is 5.80. The lowest BCUT2D eigenvalue weighted by Crippen LogP contribution is -2.13. The summed E-state index contributed by atoms with van der Waals surface area (Å²) in [5, 5.41) is 5.82. The van der Waals surface area contributed by atoms with Crippen molar-refractivity contribution in [3.63, 3.8) is 0 Å². The van der Waals surface area contributed by atoms with Crippen LogP contribution in [0.4, 0.5) is 10.1 Å². The Morgan fingerprint density at radius 1 is 1.53 bits per heavy atom. The number of hydrogen-bond acceptors (Lipinski definition) is 3. The van der Waals surface area contributed by atoms with Crippen molar-refractivity contribution in [2.75, 3.05) is 5.32 Å². The summed E-state index contributed by atoms with van der Waals surface area (Å²) in [6.07, 6.45) is 0. The zero-order chi connectivity index (χ0) is 12.4. The first-order chi connectivity index (χ1) is 8.08. The van der Waals surface area contributed by atoms with Crippen molar-refractivity contribution in [2.45, 2.75) is 6.92 Å². The van der Waals surface area contributed by atoms with Gasteiger partial charge < -0.3 is 9.84 Å². The van der Waals surface area contributed by atoms with E-state index in [1.807, 2.05) is 0 Å². The van der Waals surface area contributed by atoms with Gasteiger partial charge in [0, 0.05) is 6.07 Å². The molecule has 1 heterocycles. The Hall–Kier alpha value is -1.88. The molecule has 88 valence electrons. The molecule has 1 amide bonds. The second-order valence-electron chi connectivity index (χ2n) is 3.38. The van der Waals surface area contributed by atoms with E-state index in [0.717, 1.165) is 0 Å². The minimum absolute atomic E-state index is 0.00292. The van der Waals surface area contributed by atoms with Crippen LogP contribution in [0.1, 0.15) is 16.2 Å². The molecule has 17 heavy (non-hydrogen) atoms. The smallest absolute Gasteiger partial charge is 0.277 e. The molecule has 0 aliphatic carbocycles. The zero-order valence-electron chi connectivity index (χ0n) is 8.83. The van der Waals surface area contributed by atoms with Gasteiger partial charge in [0.05, 0.1) is 10.7 Å². The Labute approximate surface area is 101 Å². The second-order valence-corrected chi connectivity index (χ2v) is 3.79. The number of aryl methyl sites for hydroxylation is 1. The summed E-state index contributed by atoms with van der Waals surface area (Å²) in [6.45, 7) is 1.66. The highest BCUT2D eigenvalue weighted by Gasteiger charge is 2.14. The summed E-state index contributed by atoms with van der Waals surface area (Å²) in [4.78, 5) is 11.6. The molecule has 1 N–H and O–H groups in total. The maximum Gasteiger partial charge on any atom is 0.277 e. The van der Waals surface area contributed by atoms with Crippen molar-refractivity contribution in [1.29, 1.82) is 0 Å². The van der Waals surface area contributed by atoms with E-state index >= 15 is 0 Å². The van der Waals surface area contributed by atoms with Gasteiger partial charge in [0.15, 0.2) is 11.5 Å². The molecule has 1 aromatic heterocycles. The van der Waals surface area contributed by atoms with Crippen LogP contribution in [0.15, 0.2) is 28.8 Å². The minimum Gasteiger partial charge on any atom is -0.361 e. The molecule has 0 bridgehead atoms. The fourth-order valence-electron chi connectivity index (χ4n) is 1.26. The van der Waals surface area contributed by atoms with Gasteiger partial charge in [0.25, 0.3) is 5.91 Å².